The van der Waals surface area contributed by atoms with E-state index in [-0.39, 0.29) is 12.5 Å². The summed E-state index contributed by atoms with van der Waals surface area (Å²) in [6.45, 7) is 4.58. The fourth-order valence-electron chi connectivity index (χ4n) is 3.05. The highest BCUT2D eigenvalue weighted by molar-refractivity contribution is 6.35. The summed E-state index contributed by atoms with van der Waals surface area (Å²) in [7, 11) is 0. The maximum Gasteiger partial charge on any atom is 0.340 e. The van der Waals surface area contributed by atoms with E-state index in [9.17, 15) is 9.59 Å². The molecule has 8 heteroatoms. The van der Waals surface area contributed by atoms with Gasteiger partial charge < -0.3 is 19.7 Å². The van der Waals surface area contributed by atoms with Crippen LogP contribution in [0.15, 0.2) is 42.5 Å². The van der Waals surface area contributed by atoms with Gasteiger partial charge in [0.15, 0.2) is 0 Å². The average Bonchev–Trinajstić information content (AvgIpc) is 2.74. The van der Waals surface area contributed by atoms with E-state index in [1.54, 1.807) is 43.3 Å². The predicted molar refractivity (Wildman–Crippen MR) is 120 cm³/mol. The third kappa shape index (κ3) is 5.75. The van der Waals surface area contributed by atoms with E-state index in [4.69, 9.17) is 32.7 Å². The third-order valence-corrected chi connectivity index (χ3v) is 5.05. The van der Waals surface area contributed by atoms with Crippen LogP contribution in [0.5, 0.6) is 0 Å². The van der Waals surface area contributed by atoms with Gasteiger partial charge in [-0.25, -0.2) is 4.79 Å². The first kappa shape index (κ1) is 22.2. The molecule has 0 spiro atoms. The summed E-state index contributed by atoms with van der Waals surface area (Å²) in [5.74, 6) is -0.784. The Hall–Kier alpha value is -2.54. The van der Waals surface area contributed by atoms with Crippen molar-refractivity contribution >= 4 is 52.5 Å². The lowest BCUT2D eigenvalue weighted by Gasteiger charge is -2.30. The lowest BCUT2D eigenvalue weighted by atomic mass is 10.1. The van der Waals surface area contributed by atoms with E-state index in [1.807, 2.05) is 6.07 Å². The Morgan fingerprint density at radius 3 is 2.63 bits per heavy atom. The topological polar surface area (TPSA) is 67.9 Å². The molecule has 1 heterocycles. The van der Waals surface area contributed by atoms with Crippen molar-refractivity contribution in [2.24, 2.45) is 0 Å². The number of nitrogens with zero attached hydrogens (tertiary/aromatic N) is 1. The van der Waals surface area contributed by atoms with E-state index in [2.05, 4.69) is 10.2 Å². The Balaban J connectivity index is 1.77. The normalized spacial score (nSPS) is 14.0. The van der Waals surface area contributed by atoms with Crippen molar-refractivity contribution in [2.75, 3.05) is 43.1 Å². The number of morpholine rings is 1. The number of ether oxygens (including phenoxy) is 2. The first-order valence-electron chi connectivity index (χ1n) is 9.56. The van der Waals surface area contributed by atoms with Crippen LogP contribution in [0, 0.1) is 0 Å². The smallest absolute Gasteiger partial charge is 0.340 e. The Morgan fingerprint density at radius 1 is 1.17 bits per heavy atom. The van der Waals surface area contributed by atoms with Crippen molar-refractivity contribution < 1.29 is 19.1 Å². The number of amides is 1. The number of benzene rings is 2. The molecule has 0 bridgehead atoms. The van der Waals surface area contributed by atoms with Gasteiger partial charge in [-0.15, -0.1) is 0 Å². The van der Waals surface area contributed by atoms with E-state index < -0.39 is 5.97 Å². The molecule has 0 aromatic heterocycles. The lowest BCUT2D eigenvalue weighted by Crippen LogP contribution is -2.37. The maximum atomic E-state index is 12.5. The number of hydrogen-bond acceptors (Lipinski definition) is 5. The van der Waals surface area contributed by atoms with Gasteiger partial charge in [0.1, 0.15) is 0 Å². The van der Waals surface area contributed by atoms with Gasteiger partial charge in [-0.2, -0.15) is 0 Å². The summed E-state index contributed by atoms with van der Waals surface area (Å²) in [5.41, 5.74) is 2.33. The maximum absolute atomic E-state index is 12.5. The fourth-order valence-corrected chi connectivity index (χ4v) is 3.52. The number of hydrogen-bond donors (Lipinski definition) is 1. The van der Waals surface area contributed by atoms with Crippen LogP contribution >= 0.6 is 23.2 Å². The predicted octanol–water partition coefficient (Wildman–Crippen LogP) is 4.66. The van der Waals surface area contributed by atoms with Crippen molar-refractivity contribution in [3.05, 3.63) is 63.6 Å². The van der Waals surface area contributed by atoms with Crippen LogP contribution < -0.4 is 10.2 Å². The number of esters is 1. The van der Waals surface area contributed by atoms with Crippen LogP contribution in [0.4, 0.5) is 11.4 Å². The Labute approximate surface area is 185 Å². The molecule has 2 aromatic rings. The van der Waals surface area contributed by atoms with E-state index in [0.29, 0.717) is 53.2 Å². The molecule has 0 saturated carbocycles. The van der Waals surface area contributed by atoms with Crippen molar-refractivity contribution in [3.8, 4) is 0 Å². The summed E-state index contributed by atoms with van der Waals surface area (Å²) in [6.07, 6.45) is 2.97. The molecule has 0 aliphatic carbocycles. The molecule has 0 radical (unpaired) electrons. The van der Waals surface area contributed by atoms with E-state index >= 15 is 0 Å². The van der Waals surface area contributed by atoms with Crippen LogP contribution in [-0.4, -0.2) is 44.8 Å². The molecular formula is C22H22Cl2N2O4. The van der Waals surface area contributed by atoms with E-state index in [1.165, 1.54) is 6.08 Å². The summed E-state index contributed by atoms with van der Waals surface area (Å²) in [5, 5.41) is 3.74. The highest BCUT2D eigenvalue weighted by Gasteiger charge is 2.20. The minimum Gasteiger partial charge on any atom is -0.462 e. The highest BCUT2D eigenvalue weighted by Crippen LogP contribution is 2.27. The molecule has 158 valence electrons. The Bertz CT molecular complexity index is 956. The molecule has 1 aliphatic rings. The van der Waals surface area contributed by atoms with Crippen LogP contribution in [0.2, 0.25) is 10.0 Å². The summed E-state index contributed by atoms with van der Waals surface area (Å²) < 4.78 is 10.6. The first-order chi connectivity index (χ1) is 14.5. The van der Waals surface area contributed by atoms with Crippen molar-refractivity contribution in [3.63, 3.8) is 0 Å². The Kier molecular flexibility index (Phi) is 7.74. The Morgan fingerprint density at radius 2 is 1.93 bits per heavy atom. The van der Waals surface area contributed by atoms with Gasteiger partial charge in [-0.3, -0.25) is 4.79 Å². The molecule has 1 saturated heterocycles. The van der Waals surface area contributed by atoms with Gasteiger partial charge in [0.2, 0.25) is 5.91 Å². The van der Waals surface area contributed by atoms with Crippen LogP contribution in [0.25, 0.3) is 6.08 Å². The zero-order valence-electron chi connectivity index (χ0n) is 16.5. The van der Waals surface area contributed by atoms with Gasteiger partial charge in [0.25, 0.3) is 0 Å². The quantitative estimate of drug-likeness (QED) is 0.514. The van der Waals surface area contributed by atoms with Crippen LogP contribution in [0.3, 0.4) is 0 Å². The molecule has 1 N–H and O–H groups in total. The van der Waals surface area contributed by atoms with Crippen molar-refractivity contribution in [1.82, 2.24) is 0 Å². The second-order valence-corrected chi connectivity index (χ2v) is 7.38. The second-order valence-electron chi connectivity index (χ2n) is 6.54. The number of carbonyl (C=O) groups is 2. The zero-order chi connectivity index (χ0) is 21.5. The largest absolute Gasteiger partial charge is 0.462 e. The third-order valence-electron chi connectivity index (χ3n) is 4.49. The van der Waals surface area contributed by atoms with Gasteiger partial charge in [-0.1, -0.05) is 29.3 Å². The minimum atomic E-state index is -0.432. The molecule has 6 nitrogen and oxygen atoms in total. The molecule has 1 aliphatic heterocycles. The molecular weight excluding hydrogens is 427 g/mol. The number of anilines is 2. The number of rotatable bonds is 6. The van der Waals surface area contributed by atoms with Gasteiger partial charge >= 0.3 is 5.97 Å². The highest BCUT2D eigenvalue weighted by atomic mass is 35.5. The summed E-state index contributed by atoms with van der Waals surface area (Å²) >= 11 is 12.0. The first-order valence-corrected chi connectivity index (χ1v) is 10.3. The van der Waals surface area contributed by atoms with Gasteiger partial charge in [0, 0.05) is 34.9 Å². The number of halogens is 2. The number of nitrogens with one attached hydrogen (secondary N) is 1. The van der Waals surface area contributed by atoms with Crippen LogP contribution in [-0.2, 0) is 14.3 Å². The second kappa shape index (κ2) is 10.5. The molecule has 1 amide bonds. The molecule has 1 fully saturated rings. The number of carbonyl (C=O) groups excluding carboxylic acids is 2. The monoisotopic (exact) mass is 448 g/mol. The van der Waals surface area contributed by atoms with Gasteiger partial charge in [0.05, 0.1) is 31.1 Å². The van der Waals surface area contributed by atoms with Crippen molar-refractivity contribution in [2.45, 2.75) is 6.92 Å². The summed E-state index contributed by atoms with van der Waals surface area (Å²) in [6, 6.07) is 10.2. The SMILES string of the molecule is CCOC(=O)c1cc(NC(=O)C=Cc2ccc(Cl)cc2Cl)ccc1N1CCOCC1. The average molecular weight is 449 g/mol. The van der Waals surface area contributed by atoms with Crippen LogP contribution in [0.1, 0.15) is 22.8 Å². The minimum absolute atomic E-state index is 0.266. The van der Waals surface area contributed by atoms with E-state index in [0.717, 1.165) is 5.69 Å². The fraction of sp³-hybridized carbons (Fsp3) is 0.273. The molecule has 0 atom stereocenters. The zero-order valence-corrected chi connectivity index (χ0v) is 18.0. The lowest BCUT2D eigenvalue weighted by molar-refractivity contribution is -0.111. The molecule has 3 rings (SSSR count). The summed E-state index contributed by atoms with van der Waals surface area (Å²) in [4.78, 5) is 26.9. The molecule has 30 heavy (non-hydrogen) atoms. The standard InChI is InChI=1S/C22H22Cl2N2O4/c1-2-30-22(28)18-14-17(6-7-20(18)26-9-11-29-12-10-26)25-21(27)8-4-15-3-5-16(23)13-19(15)24/h3-8,13-14H,2,9-12H2,1H3,(H,25,27). The molecule has 0 unspecified atom stereocenters. The van der Waals surface area contributed by atoms with Gasteiger partial charge in [-0.05, 0) is 48.9 Å². The molecule has 2 aromatic carbocycles. The van der Waals surface area contributed by atoms with Crippen molar-refractivity contribution in [1.29, 1.82) is 0 Å².